The van der Waals surface area contributed by atoms with Crippen molar-refractivity contribution in [3.63, 3.8) is 0 Å². The fraction of sp³-hybridized carbons (Fsp3) is 0.486. The van der Waals surface area contributed by atoms with E-state index in [0.29, 0.717) is 42.2 Å². The van der Waals surface area contributed by atoms with Crippen LogP contribution in [0.5, 0.6) is 34.5 Å². The molecule has 10 rings (SSSR count). The zero-order valence-corrected chi connectivity index (χ0v) is 29.4. The van der Waals surface area contributed by atoms with Crippen molar-refractivity contribution in [3.05, 3.63) is 68.3 Å². The Balaban J connectivity index is 1.28. The quantitative estimate of drug-likeness (QED) is 0.248. The largest absolute Gasteiger partial charge is 0.504 e. The van der Waals surface area contributed by atoms with E-state index >= 15 is 0 Å². The number of nitrogens with zero attached hydrogens (tertiary/aromatic N) is 1. The zero-order chi connectivity index (χ0) is 34.8. The van der Waals surface area contributed by atoms with E-state index in [4.69, 9.17) is 23.7 Å². The maximum Gasteiger partial charge on any atom is 0.331 e. The van der Waals surface area contributed by atoms with Gasteiger partial charge in [0.25, 0.3) is 0 Å². The van der Waals surface area contributed by atoms with Gasteiger partial charge in [-0.25, -0.2) is 4.79 Å². The van der Waals surface area contributed by atoms with Gasteiger partial charge in [0.1, 0.15) is 12.8 Å². The summed E-state index contributed by atoms with van der Waals surface area (Å²) in [6.45, 7) is 6.59. The number of esters is 1. The first kappa shape index (κ1) is 32.1. The summed E-state index contributed by atoms with van der Waals surface area (Å²) in [6, 6.07) is 3.78. The SMILES string of the molecule is COc1cc2c(cc1O)CCN[C@]21CS[C@@H]2c3c(C)c(C)c4c(c3[C@@H](COC1=O)N1C2[C@@H]2N[C@H](Cc3cc(C)c(OC)c(O)c32)[C@@H]1O)OCO4. The highest BCUT2D eigenvalue weighted by Gasteiger charge is 2.59. The van der Waals surface area contributed by atoms with Crippen LogP contribution < -0.4 is 29.6 Å². The fourth-order valence-electron chi connectivity index (χ4n) is 9.56. The highest BCUT2D eigenvalue weighted by molar-refractivity contribution is 7.99. The summed E-state index contributed by atoms with van der Waals surface area (Å²) >= 11 is 1.62. The van der Waals surface area contributed by atoms with Gasteiger partial charge in [-0.15, -0.1) is 11.8 Å². The van der Waals surface area contributed by atoms with Gasteiger partial charge in [0, 0.05) is 34.7 Å². The third-order valence-electron chi connectivity index (χ3n) is 11.9. The molecule has 7 atom stereocenters. The summed E-state index contributed by atoms with van der Waals surface area (Å²) in [7, 11) is 3.06. The lowest BCUT2D eigenvalue weighted by Crippen LogP contribution is -2.70. The van der Waals surface area contributed by atoms with E-state index in [1.165, 1.54) is 7.11 Å². The van der Waals surface area contributed by atoms with Crippen molar-refractivity contribution >= 4 is 17.7 Å². The summed E-state index contributed by atoms with van der Waals surface area (Å²) < 4.78 is 29.8. The summed E-state index contributed by atoms with van der Waals surface area (Å²) in [6.07, 6.45) is 0.175. The molecule has 7 heterocycles. The Hall–Kier alpha value is -3.88. The third-order valence-corrected chi connectivity index (χ3v) is 13.4. The molecule has 0 radical (unpaired) electrons. The highest BCUT2D eigenvalue weighted by atomic mass is 32.2. The number of fused-ring (bicyclic) bond motifs is 9. The van der Waals surface area contributed by atoms with Crippen LogP contribution in [-0.4, -0.2) is 84.4 Å². The smallest absolute Gasteiger partial charge is 0.331 e. The summed E-state index contributed by atoms with van der Waals surface area (Å²) in [5, 5.41) is 41.7. The van der Waals surface area contributed by atoms with Crippen LogP contribution in [0, 0.1) is 20.8 Å². The number of ether oxygens (including phenoxy) is 5. The molecule has 0 saturated carbocycles. The number of thioether (sulfide) groups is 1. The van der Waals surface area contributed by atoms with E-state index in [1.807, 2.05) is 13.8 Å². The number of aromatic hydroxyl groups is 2. The van der Waals surface area contributed by atoms with Crippen LogP contribution in [0.1, 0.15) is 67.4 Å². The molecule has 3 aromatic carbocycles. The maximum absolute atomic E-state index is 14.6. The van der Waals surface area contributed by atoms with E-state index in [0.717, 1.165) is 44.5 Å². The second kappa shape index (κ2) is 11.3. The fourth-order valence-corrected chi connectivity index (χ4v) is 11.3. The minimum atomic E-state index is -1.24. The first-order valence-corrected chi connectivity index (χ1v) is 18.1. The van der Waals surface area contributed by atoms with Crippen molar-refractivity contribution < 1.29 is 43.8 Å². The van der Waals surface area contributed by atoms with Gasteiger partial charge in [-0.2, -0.15) is 0 Å². The average molecular weight is 704 g/mol. The second-order valence-corrected chi connectivity index (χ2v) is 15.3. The molecule has 0 aromatic heterocycles. The lowest BCUT2D eigenvalue weighted by Gasteiger charge is -2.59. The molecule has 2 fully saturated rings. The molecular weight excluding hydrogens is 662 g/mol. The molecule has 12 nitrogen and oxygen atoms in total. The van der Waals surface area contributed by atoms with Crippen LogP contribution in [-0.2, 0) is 27.9 Å². The number of hydrogen-bond donors (Lipinski definition) is 5. The molecule has 0 amide bonds. The predicted molar refractivity (Wildman–Crippen MR) is 183 cm³/mol. The third kappa shape index (κ3) is 4.18. The Bertz CT molecular complexity index is 1970. The Morgan fingerprint density at radius 2 is 1.78 bits per heavy atom. The van der Waals surface area contributed by atoms with Gasteiger partial charge in [0.2, 0.25) is 6.79 Å². The topological polar surface area (TPSA) is 151 Å². The number of methoxy groups -OCH3 is 2. The predicted octanol–water partition coefficient (Wildman–Crippen LogP) is 3.45. The number of aryl methyl sites for hydroxylation is 1. The molecule has 1 unspecified atom stereocenters. The molecular formula is C37H41N3O9S. The molecule has 50 heavy (non-hydrogen) atoms. The molecule has 0 aliphatic carbocycles. The summed E-state index contributed by atoms with van der Waals surface area (Å²) in [5.74, 6) is 1.98. The van der Waals surface area contributed by atoms with Crippen LogP contribution in [0.25, 0.3) is 0 Å². The van der Waals surface area contributed by atoms with Crippen molar-refractivity contribution in [2.75, 3.05) is 39.9 Å². The number of phenolic OH excluding ortho intramolecular Hbond substituents is 2. The molecule has 264 valence electrons. The van der Waals surface area contributed by atoms with E-state index in [1.54, 1.807) is 31.0 Å². The monoisotopic (exact) mass is 703 g/mol. The normalized spacial score (nSPS) is 30.6. The number of benzene rings is 3. The van der Waals surface area contributed by atoms with E-state index in [9.17, 15) is 20.1 Å². The number of phenols is 2. The number of nitrogens with one attached hydrogen (secondary N) is 2. The number of rotatable bonds is 2. The molecule has 7 aliphatic rings. The average Bonchev–Trinajstić information content (AvgIpc) is 3.60. The Labute approximate surface area is 294 Å². The van der Waals surface area contributed by atoms with Crippen molar-refractivity contribution in [3.8, 4) is 34.5 Å². The number of hydrogen-bond acceptors (Lipinski definition) is 13. The van der Waals surface area contributed by atoms with Crippen molar-refractivity contribution in [1.82, 2.24) is 15.5 Å². The Morgan fingerprint density at radius 3 is 2.56 bits per heavy atom. The maximum atomic E-state index is 14.6. The number of aliphatic hydroxyl groups excluding tert-OH is 1. The van der Waals surface area contributed by atoms with Gasteiger partial charge in [-0.05, 0) is 84.7 Å². The van der Waals surface area contributed by atoms with Crippen LogP contribution in [0.15, 0.2) is 18.2 Å². The summed E-state index contributed by atoms with van der Waals surface area (Å²) in [5.41, 5.74) is 6.85. The number of aliphatic hydroxyl groups is 1. The van der Waals surface area contributed by atoms with Crippen molar-refractivity contribution in [1.29, 1.82) is 0 Å². The first-order chi connectivity index (χ1) is 24.1. The van der Waals surface area contributed by atoms with Gasteiger partial charge in [-0.1, -0.05) is 6.07 Å². The van der Waals surface area contributed by atoms with Gasteiger partial charge in [0.05, 0.1) is 32.3 Å². The second-order valence-electron chi connectivity index (χ2n) is 14.2. The Kier molecular flexibility index (Phi) is 7.25. The highest BCUT2D eigenvalue weighted by Crippen LogP contribution is 2.61. The van der Waals surface area contributed by atoms with Crippen LogP contribution in [0.4, 0.5) is 0 Å². The van der Waals surface area contributed by atoms with Crippen LogP contribution in [0.2, 0.25) is 0 Å². The molecule has 2 saturated heterocycles. The van der Waals surface area contributed by atoms with Crippen molar-refractivity contribution in [2.24, 2.45) is 0 Å². The van der Waals surface area contributed by atoms with Gasteiger partial charge < -0.3 is 44.3 Å². The van der Waals surface area contributed by atoms with Gasteiger partial charge in [0.15, 0.2) is 40.0 Å². The minimum Gasteiger partial charge on any atom is -0.504 e. The van der Waals surface area contributed by atoms with E-state index < -0.39 is 29.8 Å². The minimum absolute atomic E-state index is 0.0215. The molecule has 4 bridgehead atoms. The number of piperazine rings is 1. The number of carbonyl (C=O) groups is 1. The lowest BCUT2D eigenvalue weighted by atomic mass is 9.73. The summed E-state index contributed by atoms with van der Waals surface area (Å²) in [4.78, 5) is 16.6. The van der Waals surface area contributed by atoms with E-state index in [-0.39, 0.29) is 53.7 Å². The molecule has 13 heteroatoms. The van der Waals surface area contributed by atoms with Crippen LogP contribution >= 0.6 is 11.8 Å². The standard InChI is InChI=1S/C37H41N3O9S/c1-15-8-19-9-21-35(43)40-22-12-47-36(44)37(20-11-24(45-4)23(41)10-18(20)6-7-38-37)13-50-34(29(40)28(39-21)26(19)30(42)31(15)46-5)25-16(2)17(3)32-33(27(22)25)49-14-48-32/h8,10-11,21-22,28-29,34-35,38-39,41-43H,6-7,9,12-14H2,1-5H3/t21-,22-,28-,29?,34-,35+,37-/m1/s1. The van der Waals surface area contributed by atoms with Crippen LogP contribution in [0.3, 0.4) is 0 Å². The lowest BCUT2D eigenvalue weighted by molar-refractivity contribution is -0.164. The van der Waals surface area contributed by atoms with Gasteiger partial charge in [-0.3, -0.25) is 10.2 Å². The van der Waals surface area contributed by atoms with Crippen molar-refractivity contribution in [2.45, 2.75) is 74.8 Å². The molecule has 7 aliphatic heterocycles. The zero-order valence-electron chi connectivity index (χ0n) is 28.6. The molecule has 5 N–H and O–H groups in total. The van der Waals surface area contributed by atoms with E-state index in [2.05, 4.69) is 28.5 Å². The number of carbonyl (C=O) groups excluding carboxylic acids is 1. The first-order valence-electron chi connectivity index (χ1n) is 17.1. The molecule has 3 aromatic rings. The van der Waals surface area contributed by atoms with Gasteiger partial charge >= 0.3 is 5.97 Å². The molecule has 1 spiro atoms. The Morgan fingerprint density at radius 1 is 0.980 bits per heavy atom.